The summed E-state index contributed by atoms with van der Waals surface area (Å²) in [6.45, 7) is 4.30. The van der Waals surface area contributed by atoms with Gasteiger partial charge in [-0.3, -0.25) is 4.79 Å². The Bertz CT molecular complexity index is 521. The van der Waals surface area contributed by atoms with E-state index in [1.165, 1.54) is 4.90 Å². The average molecular weight is 291 g/mol. The molecule has 1 heterocycles. The van der Waals surface area contributed by atoms with Crippen LogP contribution >= 0.6 is 0 Å². The number of amides is 1. The number of rotatable bonds is 4. The van der Waals surface area contributed by atoms with Gasteiger partial charge >= 0.3 is 5.97 Å². The second-order valence-electron chi connectivity index (χ2n) is 5.55. The van der Waals surface area contributed by atoms with Crippen molar-refractivity contribution in [3.8, 4) is 5.75 Å². The van der Waals surface area contributed by atoms with Crippen LogP contribution in [0.25, 0.3) is 0 Å². The van der Waals surface area contributed by atoms with Crippen molar-refractivity contribution < 1.29 is 19.4 Å². The second kappa shape index (κ2) is 6.61. The average Bonchev–Trinajstić information content (AvgIpc) is 2.43. The lowest BCUT2D eigenvalue weighted by Crippen LogP contribution is -2.49. The Hall–Kier alpha value is -2.04. The van der Waals surface area contributed by atoms with E-state index in [0.717, 1.165) is 24.0 Å². The van der Waals surface area contributed by atoms with E-state index in [0.29, 0.717) is 18.7 Å². The van der Waals surface area contributed by atoms with Crippen LogP contribution in [0, 0.1) is 13.8 Å². The van der Waals surface area contributed by atoms with Crippen LogP contribution in [0.15, 0.2) is 18.2 Å². The van der Waals surface area contributed by atoms with Gasteiger partial charge < -0.3 is 14.7 Å². The summed E-state index contributed by atoms with van der Waals surface area (Å²) in [5.74, 6) is -0.555. The summed E-state index contributed by atoms with van der Waals surface area (Å²) in [7, 11) is 0. The van der Waals surface area contributed by atoms with E-state index in [-0.39, 0.29) is 12.5 Å². The van der Waals surface area contributed by atoms with Crippen molar-refractivity contribution >= 4 is 11.9 Å². The van der Waals surface area contributed by atoms with Gasteiger partial charge in [0, 0.05) is 6.54 Å². The van der Waals surface area contributed by atoms with Crippen LogP contribution in [0.4, 0.5) is 0 Å². The number of nitrogens with zero attached hydrogens (tertiary/aromatic N) is 1. The fraction of sp³-hybridized carbons (Fsp3) is 0.500. The molecule has 0 aromatic heterocycles. The van der Waals surface area contributed by atoms with Crippen LogP contribution in [0.1, 0.15) is 30.4 Å². The molecule has 1 aliphatic rings. The number of carbonyl (C=O) groups is 2. The zero-order chi connectivity index (χ0) is 15.4. The fourth-order valence-electron chi connectivity index (χ4n) is 2.73. The first-order valence-corrected chi connectivity index (χ1v) is 7.21. The van der Waals surface area contributed by atoms with E-state index < -0.39 is 12.0 Å². The van der Waals surface area contributed by atoms with Crippen molar-refractivity contribution in [3.05, 3.63) is 29.3 Å². The number of benzene rings is 1. The van der Waals surface area contributed by atoms with Gasteiger partial charge in [-0.25, -0.2) is 4.79 Å². The Morgan fingerprint density at radius 1 is 1.24 bits per heavy atom. The Morgan fingerprint density at radius 3 is 2.52 bits per heavy atom. The third-order valence-corrected chi connectivity index (χ3v) is 3.67. The minimum Gasteiger partial charge on any atom is -0.484 e. The molecule has 0 bridgehead atoms. The first-order valence-electron chi connectivity index (χ1n) is 7.21. The van der Waals surface area contributed by atoms with Gasteiger partial charge in [0.25, 0.3) is 5.91 Å². The molecule has 1 amide bonds. The van der Waals surface area contributed by atoms with Crippen LogP contribution in [-0.2, 0) is 9.59 Å². The maximum absolute atomic E-state index is 12.2. The topological polar surface area (TPSA) is 66.8 Å². The normalized spacial score (nSPS) is 18.4. The lowest BCUT2D eigenvalue weighted by Gasteiger charge is -2.32. The summed E-state index contributed by atoms with van der Waals surface area (Å²) in [5.41, 5.74) is 2.14. The number of aryl methyl sites for hydroxylation is 2. The van der Waals surface area contributed by atoms with Gasteiger partial charge in [-0.15, -0.1) is 0 Å². The molecule has 21 heavy (non-hydrogen) atoms. The molecular formula is C16H21NO4. The molecule has 1 aromatic rings. The number of carboxylic acid groups (broad SMARTS) is 1. The van der Waals surface area contributed by atoms with Gasteiger partial charge in [0.1, 0.15) is 11.8 Å². The molecule has 1 fully saturated rings. The first-order chi connectivity index (χ1) is 9.97. The molecule has 114 valence electrons. The number of aliphatic carboxylic acids is 1. The van der Waals surface area contributed by atoms with Gasteiger partial charge in [-0.05, 0) is 56.4 Å². The van der Waals surface area contributed by atoms with E-state index in [9.17, 15) is 14.7 Å². The Balaban J connectivity index is 1.98. The fourth-order valence-corrected chi connectivity index (χ4v) is 2.73. The smallest absolute Gasteiger partial charge is 0.326 e. The van der Waals surface area contributed by atoms with Gasteiger partial charge in [-0.2, -0.15) is 0 Å². The minimum atomic E-state index is -0.936. The van der Waals surface area contributed by atoms with E-state index >= 15 is 0 Å². The molecule has 1 atom stereocenters. The molecule has 0 spiro atoms. The second-order valence-corrected chi connectivity index (χ2v) is 5.55. The van der Waals surface area contributed by atoms with Crippen LogP contribution in [0.3, 0.4) is 0 Å². The Kier molecular flexibility index (Phi) is 4.83. The van der Waals surface area contributed by atoms with Crippen molar-refractivity contribution in [2.45, 2.75) is 39.2 Å². The molecular weight excluding hydrogens is 270 g/mol. The number of carboxylic acids is 1. The van der Waals surface area contributed by atoms with E-state index in [2.05, 4.69) is 0 Å². The summed E-state index contributed by atoms with van der Waals surface area (Å²) < 4.78 is 5.53. The number of piperidine rings is 1. The van der Waals surface area contributed by atoms with Crippen molar-refractivity contribution in [1.29, 1.82) is 0 Å². The van der Waals surface area contributed by atoms with E-state index in [1.54, 1.807) is 0 Å². The molecule has 0 unspecified atom stereocenters. The van der Waals surface area contributed by atoms with Crippen LogP contribution in [-0.4, -0.2) is 41.1 Å². The molecule has 0 radical (unpaired) electrons. The predicted molar refractivity (Wildman–Crippen MR) is 78.4 cm³/mol. The zero-order valence-corrected chi connectivity index (χ0v) is 12.5. The molecule has 1 saturated heterocycles. The van der Waals surface area contributed by atoms with Gasteiger partial charge in [0.2, 0.25) is 0 Å². The third kappa shape index (κ3) is 3.97. The lowest BCUT2D eigenvalue weighted by molar-refractivity contribution is -0.152. The van der Waals surface area contributed by atoms with Crippen molar-refractivity contribution in [3.63, 3.8) is 0 Å². The van der Waals surface area contributed by atoms with E-state index in [1.807, 2.05) is 32.0 Å². The molecule has 1 aliphatic heterocycles. The van der Waals surface area contributed by atoms with Gasteiger partial charge in [0.15, 0.2) is 6.61 Å². The highest BCUT2D eigenvalue weighted by Crippen LogP contribution is 2.19. The standard InChI is InChI=1S/C16H21NO4/c1-11-7-12(2)9-13(8-11)21-10-15(18)17-6-4-3-5-14(17)16(19)20/h7-9,14H,3-6,10H2,1-2H3,(H,19,20)/t14-/m0/s1. The third-order valence-electron chi connectivity index (χ3n) is 3.67. The van der Waals surface area contributed by atoms with E-state index in [4.69, 9.17) is 4.74 Å². The summed E-state index contributed by atoms with van der Waals surface area (Å²) in [5, 5.41) is 9.18. The van der Waals surface area contributed by atoms with Crippen LogP contribution in [0.2, 0.25) is 0 Å². The van der Waals surface area contributed by atoms with Crippen LogP contribution in [0.5, 0.6) is 5.75 Å². The summed E-state index contributed by atoms with van der Waals surface area (Å²) in [6.07, 6.45) is 2.21. The molecule has 0 saturated carbocycles. The predicted octanol–water partition coefficient (Wildman–Crippen LogP) is 2.15. The summed E-state index contributed by atoms with van der Waals surface area (Å²) in [6, 6.07) is 5.05. The van der Waals surface area contributed by atoms with Gasteiger partial charge in [0.05, 0.1) is 0 Å². The number of ether oxygens (including phenoxy) is 1. The lowest BCUT2D eigenvalue weighted by atomic mass is 10.0. The number of hydrogen-bond donors (Lipinski definition) is 1. The molecule has 1 N–H and O–H groups in total. The zero-order valence-electron chi connectivity index (χ0n) is 12.5. The molecule has 0 aliphatic carbocycles. The minimum absolute atomic E-state index is 0.118. The SMILES string of the molecule is Cc1cc(C)cc(OCC(=O)N2CCCC[C@H]2C(=O)O)c1. The van der Waals surface area contributed by atoms with Gasteiger partial charge in [-0.1, -0.05) is 6.07 Å². The van der Waals surface area contributed by atoms with Crippen LogP contribution < -0.4 is 4.74 Å². The monoisotopic (exact) mass is 291 g/mol. The molecule has 1 aromatic carbocycles. The molecule has 5 nitrogen and oxygen atoms in total. The Morgan fingerprint density at radius 2 is 1.90 bits per heavy atom. The van der Waals surface area contributed by atoms with Crippen molar-refractivity contribution in [1.82, 2.24) is 4.90 Å². The Labute approximate surface area is 124 Å². The first kappa shape index (κ1) is 15.4. The van der Waals surface area contributed by atoms with Crippen molar-refractivity contribution in [2.75, 3.05) is 13.2 Å². The highest BCUT2D eigenvalue weighted by Gasteiger charge is 2.31. The highest BCUT2D eigenvalue weighted by atomic mass is 16.5. The number of carbonyl (C=O) groups excluding carboxylic acids is 1. The van der Waals surface area contributed by atoms with Crippen molar-refractivity contribution in [2.24, 2.45) is 0 Å². The number of likely N-dealkylation sites (tertiary alicyclic amines) is 1. The molecule has 2 rings (SSSR count). The molecule has 5 heteroatoms. The highest BCUT2D eigenvalue weighted by molar-refractivity contribution is 5.84. The quantitative estimate of drug-likeness (QED) is 0.923. The summed E-state index contributed by atoms with van der Waals surface area (Å²) >= 11 is 0. The largest absolute Gasteiger partial charge is 0.484 e. The maximum atomic E-state index is 12.2. The maximum Gasteiger partial charge on any atom is 0.326 e. The summed E-state index contributed by atoms with van der Waals surface area (Å²) in [4.78, 5) is 24.8. The number of hydrogen-bond acceptors (Lipinski definition) is 3.